The Morgan fingerprint density at radius 1 is 1.24 bits per heavy atom. The number of para-hydroxylation sites is 1. The number of aromatic nitrogens is 1. The normalized spacial score (nSPS) is 15.4. The van der Waals surface area contributed by atoms with E-state index in [1.807, 2.05) is 31.2 Å². The second-order valence-electron chi connectivity index (χ2n) is 7.51. The van der Waals surface area contributed by atoms with Crippen molar-refractivity contribution in [1.29, 1.82) is 0 Å². The third-order valence-corrected chi connectivity index (χ3v) is 5.11. The van der Waals surface area contributed by atoms with Crippen molar-refractivity contribution < 1.29 is 19.1 Å². The van der Waals surface area contributed by atoms with E-state index in [1.54, 1.807) is 0 Å². The van der Waals surface area contributed by atoms with Crippen molar-refractivity contribution in [2.24, 2.45) is 5.92 Å². The number of hydrogen-bond donors (Lipinski definition) is 2. The van der Waals surface area contributed by atoms with E-state index in [2.05, 4.69) is 17.6 Å². The molecular weight excluding hydrogens is 370 g/mol. The van der Waals surface area contributed by atoms with E-state index in [4.69, 9.17) is 9.72 Å². The number of pyridine rings is 1. The Morgan fingerprint density at radius 3 is 2.83 bits per heavy atom. The number of nitrogens with zero attached hydrogens (tertiary/aromatic N) is 1. The van der Waals surface area contributed by atoms with Gasteiger partial charge in [-0.1, -0.05) is 38.5 Å². The summed E-state index contributed by atoms with van der Waals surface area (Å²) in [6.45, 7) is 4.13. The minimum absolute atomic E-state index is 0.451. The molecule has 1 aromatic carbocycles. The molecule has 1 atom stereocenters. The summed E-state index contributed by atoms with van der Waals surface area (Å²) in [6, 6.07) is 6.87. The highest BCUT2D eigenvalue weighted by atomic mass is 16.5. The summed E-state index contributed by atoms with van der Waals surface area (Å²) in [4.78, 5) is 41.2. The average molecular weight is 397 g/mol. The largest absolute Gasteiger partial charge is 0.452 e. The Bertz CT molecular complexity index is 926. The predicted molar refractivity (Wildman–Crippen MR) is 110 cm³/mol. The zero-order valence-electron chi connectivity index (χ0n) is 16.9. The first kappa shape index (κ1) is 20.8. The van der Waals surface area contributed by atoms with Gasteiger partial charge in [-0.2, -0.15) is 0 Å². The fraction of sp³-hybridized carbons (Fsp3) is 0.455. The summed E-state index contributed by atoms with van der Waals surface area (Å²) in [6.07, 6.45) is 4.37. The number of aryl methyl sites for hydroxylation is 1. The van der Waals surface area contributed by atoms with Gasteiger partial charge < -0.3 is 10.1 Å². The molecule has 7 heteroatoms. The van der Waals surface area contributed by atoms with Gasteiger partial charge in [0.15, 0.2) is 6.61 Å². The lowest BCUT2D eigenvalue weighted by molar-refractivity contribution is -0.123. The first-order chi connectivity index (χ1) is 14.0. The maximum absolute atomic E-state index is 12.9. The molecule has 29 heavy (non-hydrogen) atoms. The van der Waals surface area contributed by atoms with Crippen LogP contribution in [0.5, 0.6) is 0 Å². The number of amides is 3. The molecular formula is C22H27N3O4. The van der Waals surface area contributed by atoms with Crippen LogP contribution in [-0.2, 0) is 22.4 Å². The van der Waals surface area contributed by atoms with E-state index in [0.29, 0.717) is 18.0 Å². The minimum Gasteiger partial charge on any atom is -0.452 e. The number of nitrogens with one attached hydrogen (secondary N) is 2. The average Bonchev–Trinajstić information content (AvgIpc) is 2.70. The highest BCUT2D eigenvalue weighted by molar-refractivity contribution is 6.06. The van der Waals surface area contributed by atoms with Gasteiger partial charge in [0.25, 0.3) is 5.91 Å². The number of carbonyl (C=O) groups is 3. The molecule has 2 aromatic rings. The van der Waals surface area contributed by atoms with Crippen LogP contribution in [0.4, 0.5) is 4.79 Å². The number of urea groups is 1. The predicted octanol–water partition coefficient (Wildman–Crippen LogP) is 3.14. The number of ether oxygens (including phenoxy) is 1. The maximum Gasteiger partial charge on any atom is 0.339 e. The zero-order valence-corrected chi connectivity index (χ0v) is 16.9. The summed E-state index contributed by atoms with van der Waals surface area (Å²) in [5, 5.41) is 5.48. The number of unbranched alkanes of at least 4 members (excludes halogenated alkanes) is 1. The van der Waals surface area contributed by atoms with E-state index < -0.39 is 24.5 Å². The van der Waals surface area contributed by atoms with Gasteiger partial charge in [0, 0.05) is 17.6 Å². The lowest BCUT2D eigenvalue weighted by Crippen LogP contribution is -2.41. The van der Waals surface area contributed by atoms with E-state index in [9.17, 15) is 14.4 Å². The summed E-state index contributed by atoms with van der Waals surface area (Å²) in [5.41, 5.74) is 3.06. The van der Waals surface area contributed by atoms with E-state index >= 15 is 0 Å². The molecule has 0 spiro atoms. The van der Waals surface area contributed by atoms with Crippen LogP contribution in [0.1, 0.15) is 54.7 Å². The Kier molecular flexibility index (Phi) is 6.80. The van der Waals surface area contributed by atoms with Crippen molar-refractivity contribution in [3.63, 3.8) is 0 Å². The van der Waals surface area contributed by atoms with Crippen molar-refractivity contribution >= 4 is 28.8 Å². The molecule has 1 aliphatic carbocycles. The van der Waals surface area contributed by atoms with Gasteiger partial charge in [0.1, 0.15) is 0 Å². The lowest BCUT2D eigenvalue weighted by Gasteiger charge is -2.24. The number of fused-ring (bicyclic) bond motifs is 2. The highest BCUT2D eigenvalue weighted by Crippen LogP contribution is 2.31. The Balaban J connectivity index is 1.73. The smallest absolute Gasteiger partial charge is 0.339 e. The van der Waals surface area contributed by atoms with Gasteiger partial charge in [-0.25, -0.2) is 9.59 Å². The maximum atomic E-state index is 12.9. The molecule has 3 amide bonds. The molecule has 0 fully saturated rings. The Hall–Kier alpha value is -2.96. The highest BCUT2D eigenvalue weighted by Gasteiger charge is 2.26. The zero-order chi connectivity index (χ0) is 20.8. The number of imide groups is 1. The van der Waals surface area contributed by atoms with Crippen LogP contribution >= 0.6 is 0 Å². The molecule has 154 valence electrons. The van der Waals surface area contributed by atoms with E-state index in [0.717, 1.165) is 54.3 Å². The van der Waals surface area contributed by atoms with Gasteiger partial charge in [-0.05, 0) is 43.2 Å². The number of benzene rings is 1. The molecule has 1 aromatic heterocycles. The SMILES string of the molecule is CCCCNC(=O)NC(=O)COC(=O)c1c2c(nc3ccccc13)CC[C@H](C)C2. The van der Waals surface area contributed by atoms with Crippen molar-refractivity contribution in [3.05, 3.63) is 41.1 Å². The molecule has 0 unspecified atom stereocenters. The van der Waals surface area contributed by atoms with E-state index in [-0.39, 0.29) is 0 Å². The monoisotopic (exact) mass is 397 g/mol. The second-order valence-corrected chi connectivity index (χ2v) is 7.51. The molecule has 1 aliphatic rings. The van der Waals surface area contributed by atoms with Gasteiger partial charge in [0.2, 0.25) is 0 Å². The first-order valence-corrected chi connectivity index (χ1v) is 10.1. The Morgan fingerprint density at radius 2 is 2.03 bits per heavy atom. The van der Waals surface area contributed by atoms with Crippen LogP contribution in [-0.4, -0.2) is 36.0 Å². The van der Waals surface area contributed by atoms with Crippen molar-refractivity contribution in [2.75, 3.05) is 13.2 Å². The molecule has 0 radical (unpaired) electrons. The van der Waals surface area contributed by atoms with Gasteiger partial charge in [0.05, 0.1) is 11.1 Å². The lowest BCUT2D eigenvalue weighted by atomic mass is 9.84. The van der Waals surface area contributed by atoms with Crippen molar-refractivity contribution in [2.45, 2.75) is 46.0 Å². The Labute approximate surface area is 170 Å². The van der Waals surface area contributed by atoms with Crippen molar-refractivity contribution in [3.8, 4) is 0 Å². The summed E-state index contributed by atoms with van der Waals surface area (Å²) in [7, 11) is 0. The third kappa shape index (κ3) is 5.10. The summed E-state index contributed by atoms with van der Waals surface area (Å²) < 4.78 is 5.27. The number of hydrogen-bond acceptors (Lipinski definition) is 5. The van der Waals surface area contributed by atoms with Crippen LogP contribution in [0, 0.1) is 5.92 Å². The quantitative estimate of drug-likeness (QED) is 0.576. The van der Waals surface area contributed by atoms with Gasteiger partial charge in [-0.15, -0.1) is 0 Å². The van der Waals surface area contributed by atoms with Crippen LogP contribution in [0.15, 0.2) is 24.3 Å². The molecule has 3 rings (SSSR count). The van der Waals surface area contributed by atoms with Crippen LogP contribution in [0.25, 0.3) is 10.9 Å². The first-order valence-electron chi connectivity index (χ1n) is 10.1. The third-order valence-electron chi connectivity index (χ3n) is 5.11. The van der Waals surface area contributed by atoms with Crippen LogP contribution in [0.3, 0.4) is 0 Å². The fourth-order valence-corrected chi connectivity index (χ4v) is 3.58. The fourth-order valence-electron chi connectivity index (χ4n) is 3.58. The molecule has 1 heterocycles. The molecule has 7 nitrogen and oxygen atoms in total. The van der Waals surface area contributed by atoms with E-state index in [1.165, 1.54) is 0 Å². The molecule has 0 bridgehead atoms. The number of rotatable bonds is 6. The molecule has 0 aliphatic heterocycles. The van der Waals surface area contributed by atoms with Crippen LogP contribution in [0.2, 0.25) is 0 Å². The molecule has 0 saturated carbocycles. The van der Waals surface area contributed by atoms with Gasteiger partial charge in [-0.3, -0.25) is 15.1 Å². The number of carbonyl (C=O) groups excluding carboxylic acids is 3. The molecule has 0 saturated heterocycles. The standard InChI is InChI=1S/C22H27N3O4/c1-3-4-11-23-22(28)25-19(26)13-29-21(27)20-15-7-5-6-8-17(15)24-18-10-9-14(2)12-16(18)20/h5-8,14H,3-4,9-13H2,1-2H3,(H2,23,25,26,28)/t14-/m0/s1. The minimum atomic E-state index is -0.659. The number of esters is 1. The van der Waals surface area contributed by atoms with Gasteiger partial charge >= 0.3 is 12.0 Å². The molecule has 2 N–H and O–H groups in total. The van der Waals surface area contributed by atoms with Crippen LogP contribution < -0.4 is 10.6 Å². The topological polar surface area (TPSA) is 97.4 Å². The summed E-state index contributed by atoms with van der Waals surface area (Å²) in [5.74, 6) is -0.768. The second kappa shape index (κ2) is 9.49. The van der Waals surface area contributed by atoms with Crippen molar-refractivity contribution in [1.82, 2.24) is 15.6 Å². The summed E-state index contributed by atoms with van der Waals surface area (Å²) >= 11 is 0.